The number of hydrogen-bond donors (Lipinski definition) is 1. The van der Waals surface area contributed by atoms with Gasteiger partial charge in [0.25, 0.3) is 5.91 Å². The third-order valence-corrected chi connectivity index (χ3v) is 5.06. The molecule has 3 rings (SSSR count). The maximum absolute atomic E-state index is 12.4. The Bertz CT molecular complexity index is 447. The molecule has 0 spiro atoms. The molecule has 122 valence electrons. The van der Waals surface area contributed by atoms with Gasteiger partial charge < -0.3 is 9.80 Å². The van der Waals surface area contributed by atoms with E-state index in [2.05, 4.69) is 15.4 Å². The third-order valence-electron chi connectivity index (χ3n) is 5.06. The van der Waals surface area contributed by atoms with Crippen molar-refractivity contribution in [3.8, 4) is 0 Å². The number of likely N-dealkylation sites (tertiary alicyclic amines) is 2. The van der Waals surface area contributed by atoms with E-state index in [0.29, 0.717) is 24.6 Å². The minimum absolute atomic E-state index is 0.00863. The second-order valence-electron chi connectivity index (χ2n) is 6.57. The van der Waals surface area contributed by atoms with Gasteiger partial charge in [-0.05, 0) is 38.8 Å². The molecule has 0 radical (unpaired) electrons. The summed E-state index contributed by atoms with van der Waals surface area (Å²) in [5.41, 5.74) is 2.92. The smallest absolute Gasteiger partial charge is 0.270 e. The van der Waals surface area contributed by atoms with E-state index in [1.165, 1.54) is 38.8 Å². The lowest BCUT2D eigenvalue weighted by Crippen LogP contribution is -2.49. The molecule has 6 nitrogen and oxygen atoms in total. The Kier molecular flexibility index (Phi) is 5.08. The highest BCUT2D eigenvalue weighted by molar-refractivity contribution is 6.39. The predicted molar refractivity (Wildman–Crippen MR) is 84.5 cm³/mol. The summed E-state index contributed by atoms with van der Waals surface area (Å²) in [5.74, 6) is -0.0919. The maximum Gasteiger partial charge on any atom is 0.270 e. The molecule has 0 aromatic carbocycles. The van der Waals surface area contributed by atoms with Gasteiger partial charge in [0.2, 0.25) is 5.91 Å². The van der Waals surface area contributed by atoms with Crippen LogP contribution in [0.1, 0.15) is 51.4 Å². The van der Waals surface area contributed by atoms with E-state index >= 15 is 0 Å². The molecular weight excluding hydrogens is 280 g/mol. The van der Waals surface area contributed by atoms with Crippen molar-refractivity contribution in [1.82, 2.24) is 15.2 Å². The van der Waals surface area contributed by atoms with E-state index in [1.807, 2.05) is 4.90 Å². The molecule has 0 aromatic rings. The molecule has 0 unspecified atom stereocenters. The van der Waals surface area contributed by atoms with E-state index in [4.69, 9.17) is 0 Å². The van der Waals surface area contributed by atoms with Crippen LogP contribution in [-0.2, 0) is 9.59 Å². The lowest BCUT2D eigenvalue weighted by Gasteiger charge is -2.38. The van der Waals surface area contributed by atoms with Gasteiger partial charge in [-0.15, -0.1) is 0 Å². The second kappa shape index (κ2) is 7.22. The largest absolute Gasteiger partial charge is 0.337 e. The standard InChI is InChI=1S/C16H26N4O2/c21-15-6-5-14(17-18-15)16(22)20-11-7-13(8-12-20)19-9-3-1-2-4-10-19/h13H,1-12H2,(H,18,21). The number of nitrogens with one attached hydrogen (secondary N) is 1. The van der Waals surface area contributed by atoms with Crippen molar-refractivity contribution < 1.29 is 9.59 Å². The molecular formula is C16H26N4O2. The average Bonchev–Trinajstić information content (AvgIpc) is 2.84. The van der Waals surface area contributed by atoms with E-state index in [9.17, 15) is 9.59 Å². The van der Waals surface area contributed by atoms with Gasteiger partial charge in [0.05, 0.1) is 0 Å². The first-order valence-corrected chi connectivity index (χ1v) is 8.63. The van der Waals surface area contributed by atoms with Crippen molar-refractivity contribution >= 4 is 17.5 Å². The van der Waals surface area contributed by atoms with E-state index in [-0.39, 0.29) is 11.8 Å². The average molecular weight is 306 g/mol. The number of nitrogens with zero attached hydrogens (tertiary/aromatic N) is 3. The molecule has 2 amide bonds. The lowest BCUT2D eigenvalue weighted by molar-refractivity contribution is -0.126. The molecule has 0 saturated carbocycles. The molecule has 0 bridgehead atoms. The highest BCUT2D eigenvalue weighted by atomic mass is 16.2. The van der Waals surface area contributed by atoms with Crippen molar-refractivity contribution in [2.75, 3.05) is 26.2 Å². The summed E-state index contributed by atoms with van der Waals surface area (Å²) in [6.45, 7) is 4.06. The predicted octanol–water partition coefficient (Wildman–Crippen LogP) is 1.12. The zero-order valence-electron chi connectivity index (χ0n) is 13.2. The van der Waals surface area contributed by atoms with E-state index < -0.39 is 0 Å². The van der Waals surface area contributed by atoms with Gasteiger partial charge >= 0.3 is 0 Å². The number of piperidine rings is 1. The van der Waals surface area contributed by atoms with E-state index in [0.717, 1.165) is 25.9 Å². The molecule has 2 fully saturated rings. The number of carbonyl (C=O) groups is 2. The van der Waals surface area contributed by atoms with Gasteiger partial charge in [-0.3, -0.25) is 9.59 Å². The molecule has 22 heavy (non-hydrogen) atoms. The summed E-state index contributed by atoms with van der Waals surface area (Å²) < 4.78 is 0. The van der Waals surface area contributed by atoms with Crippen molar-refractivity contribution in [2.45, 2.75) is 57.4 Å². The Hall–Kier alpha value is -1.43. The Morgan fingerprint density at radius 1 is 1.00 bits per heavy atom. The van der Waals surface area contributed by atoms with E-state index in [1.54, 1.807) is 0 Å². The normalized spacial score (nSPS) is 25.4. The minimum Gasteiger partial charge on any atom is -0.337 e. The molecule has 6 heteroatoms. The highest BCUT2D eigenvalue weighted by Gasteiger charge is 2.29. The molecule has 0 aromatic heterocycles. The Morgan fingerprint density at radius 3 is 2.27 bits per heavy atom. The fraction of sp³-hybridized carbons (Fsp3) is 0.812. The van der Waals surface area contributed by atoms with Crippen LogP contribution in [0.3, 0.4) is 0 Å². The Labute approximate surface area is 131 Å². The quantitative estimate of drug-likeness (QED) is 0.831. The molecule has 0 aliphatic carbocycles. The molecule has 2 saturated heterocycles. The monoisotopic (exact) mass is 306 g/mol. The van der Waals surface area contributed by atoms with Crippen molar-refractivity contribution in [3.63, 3.8) is 0 Å². The molecule has 1 N–H and O–H groups in total. The summed E-state index contributed by atoms with van der Waals surface area (Å²) >= 11 is 0. The number of carbonyl (C=O) groups excluding carboxylic acids is 2. The highest BCUT2D eigenvalue weighted by Crippen LogP contribution is 2.21. The SMILES string of the molecule is O=C1CCC(C(=O)N2CCC(N3CCCCCC3)CC2)=NN1. The first kappa shape index (κ1) is 15.5. The lowest BCUT2D eigenvalue weighted by atomic mass is 10.0. The Balaban J connectivity index is 1.50. The zero-order chi connectivity index (χ0) is 15.4. The molecule has 3 aliphatic rings. The summed E-state index contributed by atoms with van der Waals surface area (Å²) in [6.07, 6.45) is 8.31. The van der Waals surface area contributed by atoms with Gasteiger partial charge in [-0.25, -0.2) is 5.43 Å². The zero-order valence-corrected chi connectivity index (χ0v) is 13.2. The van der Waals surface area contributed by atoms with Gasteiger partial charge in [-0.2, -0.15) is 5.10 Å². The van der Waals surface area contributed by atoms with Crippen molar-refractivity contribution in [1.29, 1.82) is 0 Å². The topological polar surface area (TPSA) is 65.0 Å². The fourth-order valence-corrected chi connectivity index (χ4v) is 3.71. The van der Waals surface area contributed by atoms with Crippen molar-refractivity contribution in [3.05, 3.63) is 0 Å². The first-order valence-electron chi connectivity index (χ1n) is 8.63. The fourth-order valence-electron chi connectivity index (χ4n) is 3.71. The van der Waals surface area contributed by atoms with Crippen LogP contribution in [0.2, 0.25) is 0 Å². The van der Waals surface area contributed by atoms with Crippen LogP contribution < -0.4 is 5.43 Å². The molecule has 0 atom stereocenters. The van der Waals surface area contributed by atoms with Gasteiger partial charge in [0.1, 0.15) is 5.71 Å². The molecule has 3 heterocycles. The Morgan fingerprint density at radius 2 is 1.68 bits per heavy atom. The van der Waals surface area contributed by atoms with Crippen LogP contribution in [0.5, 0.6) is 0 Å². The summed E-state index contributed by atoms with van der Waals surface area (Å²) in [5, 5.41) is 3.92. The van der Waals surface area contributed by atoms with Gasteiger partial charge in [0.15, 0.2) is 0 Å². The minimum atomic E-state index is -0.101. The van der Waals surface area contributed by atoms with Crippen LogP contribution in [0.4, 0.5) is 0 Å². The first-order chi connectivity index (χ1) is 10.7. The summed E-state index contributed by atoms with van der Waals surface area (Å²) in [6, 6.07) is 0.634. The summed E-state index contributed by atoms with van der Waals surface area (Å²) in [7, 11) is 0. The second-order valence-corrected chi connectivity index (χ2v) is 6.57. The van der Waals surface area contributed by atoms with Crippen molar-refractivity contribution in [2.24, 2.45) is 5.10 Å². The van der Waals surface area contributed by atoms with Gasteiger partial charge in [0, 0.05) is 32.0 Å². The van der Waals surface area contributed by atoms with Crippen LogP contribution >= 0.6 is 0 Å². The van der Waals surface area contributed by atoms with Crippen LogP contribution in [-0.4, -0.2) is 59.5 Å². The number of rotatable bonds is 2. The maximum atomic E-state index is 12.4. The van der Waals surface area contributed by atoms with Crippen LogP contribution in [0, 0.1) is 0 Å². The summed E-state index contributed by atoms with van der Waals surface area (Å²) in [4.78, 5) is 28.1. The third kappa shape index (κ3) is 3.66. The number of amides is 2. The number of hydrogen-bond acceptors (Lipinski definition) is 4. The van der Waals surface area contributed by atoms with Crippen LogP contribution in [0.15, 0.2) is 5.10 Å². The van der Waals surface area contributed by atoms with Crippen LogP contribution in [0.25, 0.3) is 0 Å². The molecule has 3 aliphatic heterocycles. The number of hydrazone groups is 1. The van der Waals surface area contributed by atoms with Gasteiger partial charge in [-0.1, -0.05) is 12.8 Å².